The van der Waals surface area contributed by atoms with Crippen molar-refractivity contribution in [1.82, 2.24) is 4.72 Å². The van der Waals surface area contributed by atoms with Crippen LogP contribution in [-0.2, 0) is 16.6 Å². The monoisotopic (exact) mass is 275 g/mol. The highest BCUT2D eigenvalue weighted by Crippen LogP contribution is 2.14. The van der Waals surface area contributed by atoms with Crippen molar-refractivity contribution in [3.8, 4) is 0 Å². The molecule has 1 aromatic carbocycles. The highest BCUT2D eigenvalue weighted by Gasteiger charge is 2.16. The summed E-state index contributed by atoms with van der Waals surface area (Å²) in [6, 6.07) is 6.47. The summed E-state index contributed by atoms with van der Waals surface area (Å²) in [5.74, 6) is 0.921. The number of hydrogen-bond acceptors (Lipinski definition) is 4. The van der Waals surface area contributed by atoms with E-state index in [4.69, 9.17) is 5.11 Å². The van der Waals surface area contributed by atoms with Crippen molar-refractivity contribution in [3.05, 3.63) is 29.8 Å². The van der Waals surface area contributed by atoms with Gasteiger partial charge in [0.15, 0.2) is 0 Å². The number of aliphatic hydroxyl groups is 1. The Morgan fingerprint density at radius 2 is 2.06 bits per heavy atom. The second kappa shape index (κ2) is 7.00. The fraction of sp³-hybridized carbons (Fsp3) is 0.455. The smallest absolute Gasteiger partial charge is 0.240 e. The quantitative estimate of drug-likeness (QED) is 0.734. The third-order valence-electron chi connectivity index (χ3n) is 2.25. The molecule has 1 aromatic rings. The third-order valence-corrected chi connectivity index (χ3v) is 4.51. The van der Waals surface area contributed by atoms with Crippen LogP contribution in [0.2, 0.25) is 0 Å². The Bertz CT molecular complexity index is 446. The Morgan fingerprint density at radius 3 is 2.71 bits per heavy atom. The van der Waals surface area contributed by atoms with E-state index < -0.39 is 10.0 Å². The lowest BCUT2D eigenvalue weighted by Crippen LogP contribution is -2.26. The summed E-state index contributed by atoms with van der Waals surface area (Å²) in [6.07, 6.45) is 2.78. The summed E-state index contributed by atoms with van der Waals surface area (Å²) < 4.78 is 26.4. The Labute approximate surface area is 106 Å². The molecular formula is C11H17NO3S2. The summed E-state index contributed by atoms with van der Waals surface area (Å²) in [4.78, 5) is 0.159. The minimum absolute atomic E-state index is 0.159. The molecule has 0 heterocycles. The Balaban J connectivity index is 2.75. The van der Waals surface area contributed by atoms with Crippen molar-refractivity contribution in [2.75, 3.05) is 18.6 Å². The van der Waals surface area contributed by atoms with E-state index in [2.05, 4.69) is 4.72 Å². The molecule has 0 spiro atoms. The maximum atomic E-state index is 11.9. The van der Waals surface area contributed by atoms with E-state index in [0.29, 0.717) is 12.1 Å². The van der Waals surface area contributed by atoms with Crippen LogP contribution in [0, 0.1) is 0 Å². The summed E-state index contributed by atoms with van der Waals surface area (Å²) in [5.41, 5.74) is 0.421. The molecule has 96 valence electrons. The molecule has 17 heavy (non-hydrogen) atoms. The number of sulfonamides is 1. The van der Waals surface area contributed by atoms with Gasteiger partial charge in [0.1, 0.15) is 0 Å². The molecule has 0 aliphatic carbocycles. The highest BCUT2D eigenvalue weighted by molar-refractivity contribution is 7.98. The van der Waals surface area contributed by atoms with Crippen molar-refractivity contribution < 1.29 is 13.5 Å². The fourth-order valence-electron chi connectivity index (χ4n) is 1.40. The molecule has 2 N–H and O–H groups in total. The molecule has 4 nitrogen and oxygen atoms in total. The molecule has 0 fully saturated rings. The lowest BCUT2D eigenvalue weighted by atomic mass is 10.2. The van der Waals surface area contributed by atoms with Crippen molar-refractivity contribution in [2.24, 2.45) is 0 Å². The molecule has 0 unspecified atom stereocenters. The zero-order chi connectivity index (χ0) is 12.7. The topological polar surface area (TPSA) is 66.4 Å². The minimum Gasteiger partial charge on any atom is -0.392 e. The summed E-state index contributed by atoms with van der Waals surface area (Å²) in [7, 11) is -3.50. The number of aliphatic hydroxyl groups excluding tert-OH is 1. The lowest BCUT2D eigenvalue weighted by molar-refractivity contribution is 0.278. The number of thioether (sulfide) groups is 1. The molecule has 0 bridgehead atoms. The summed E-state index contributed by atoms with van der Waals surface area (Å²) in [6.45, 7) is 0.144. The standard InChI is InChI=1S/C11H17NO3S2/c1-16-8-4-7-12-17(14,15)11-6-3-2-5-10(11)9-13/h2-3,5-6,12-13H,4,7-9H2,1H3. The lowest BCUT2D eigenvalue weighted by Gasteiger charge is -2.09. The van der Waals surface area contributed by atoms with E-state index in [1.165, 1.54) is 6.07 Å². The largest absolute Gasteiger partial charge is 0.392 e. The van der Waals surface area contributed by atoms with Crippen LogP contribution in [0.15, 0.2) is 29.2 Å². The molecule has 0 saturated carbocycles. The van der Waals surface area contributed by atoms with Crippen LogP contribution in [0.4, 0.5) is 0 Å². The van der Waals surface area contributed by atoms with Gasteiger partial charge in [-0.3, -0.25) is 0 Å². The van der Waals surface area contributed by atoms with Gasteiger partial charge in [-0.05, 0) is 30.1 Å². The van der Waals surface area contributed by atoms with Gasteiger partial charge in [0.2, 0.25) is 10.0 Å². The second-order valence-electron chi connectivity index (χ2n) is 3.51. The maximum absolute atomic E-state index is 11.9. The van der Waals surface area contributed by atoms with Gasteiger partial charge in [-0.2, -0.15) is 11.8 Å². The van der Waals surface area contributed by atoms with Crippen LogP contribution in [0.5, 0.6) is 0 Å². The number of benzene rings is 1. The molecule has 6 heteroatoms. The van der Waals surface area contributed by atoms with E-state index >= 15 is 0 Å². The van der Waals surface area contributed by atoms with Gasteiger partial charge in [-0.25, -0.2) is 13.1 Å². The van der Waals surface area contributed by atoms with Crippen LogP contribution in [0.1, 0.15) is 12.0 Å². The first kappa shape index (κ1) is 14.5. The van der Waals surface area contributed by atoms with E-state index in [1.54, 1.807) is 30.0 Å². The molecule has 0 saturated heterocycles. The van der Waals surface area contributed by atoms with Crippen molar-refractivity contribution >= 4 is 21.8 Å². The first-order chi connectivity index (χ1) is 8.11. The molecule has 0 aliphatic rings. The average molecular weight is 275 g/mol. The predicted molar refractivity (Wildman–Crippen MR) is 70.6 cm³/mol. The molecule has 0 amide bonds. The van der Waals surface area contributed by atoms with Crippen LogP contribution >= 0.6 is 11.8 Å². The van der Waals surface area contributed by atoms with Gasteiger partial charge in [-0.1, -0.05) is 18.2 Å². The first-order valence-electron chi connectivity index (χ1n) is 5.29. The van der Waals surface area contributed by atoms with Crippen molar-refractivity contribution in [3.63, 3.8) is 0 Å². The number of rotatable bonds is 7. The van der Waals surface area contributed by atoms with Crippen LogP contribution in [0.3, 0.4) is 0 Å². The third kappa shape index (κ3) is 4.31. The van der Waals surface area contributed by atoms with Gasteiger partial charge in [0.05, 0.1) is 11.5 Å². The maximum Gasteiger partial charge on any atom is 0.240 e. The van der Waals surface area contributed by atoms with Gasteiger partial charge in [0, 0.05) is 6.54 Å². The Hall–Kier alpha value is -0.560. The molecule has 0 aliphatic heterocycles. The van der Waals surface area contributed by atoms with Gasteiger partial charge < -0.3 is 5.11 Å². The van der Waals surface area contributed by atoms with Crippen LogP contribution in [0.25, 0.3) is 0 Å². The SMILES string of the molecule is CSCCCNS(=O)(=O)c1ccccc1CO. The summed E-state index contributed by atoms with van der Waals surface area (Å²) in [5, 5.41) is 9.10. The molecule has 1 rings (SSSR count). The van der Waals surface area contributed by atoms with Crippen LogP contribution in [-0.4, -0.2) is 32.1 Å². The van der Waals surface area contributed by atoms with E-state index in [0.717, 1.165) is 12.2 Å². The zero-order valence-corrected chi connectivity index (χ0v) is 11.4. The molecule has 0 radical (unpaired) electrons. The van der Waals surface area contributed by atoms with E-state index in [9.17, 15) is 8.42 Å². The van der Waals surface area contributed by atoms with E-state index in [1.807, 2.05) is 6.26 Å². The summed E-state index contributed by atoms with van der Waals surface area (Å²) >= 11 is 1.68. The number of hydrogen-bond donors (Lipinski definition) is 2. The fourth-order valence-corrected chi connectivity index (χ4v) is 3.13. The van der Waals surface area contributed by atoms with Gasteiger partial charge in [-0.15, -0.1) is 0 Å². The average Bonchev–Trinajstić information content (AvgIpc) is 2.34. The Kier molecular flexibility index (Phi) is 5.97. The number of nitrogens with one attached hydrogen (secondary N) is 1. The van der Waals surface area contributed by atoms with Crippen LogP contribution < -0.4 is 4.72 Å². The molecular weight excluding hydrogens is 258 g/mol. The second-order valence-corrected chi connectivity index (χ2v) is 6.23. The Morgan fingerprint density at radius 1 is 1.35 bits per heavy atom. The zero-order valence-electron chi connectivity index (χ0n) is 9.72. The first-order valence-corrected chi connectivity index (χ1v) is 8.17. The normalized spacial score (nSPS) is 11.6. The predicted octanol–water partition coefficient (Wildman–Crippen LogP) is 1.21. The van der Waals surface area contributed by atoms with Crippen molar-refractivity contribution in [1.29, 1.82) is 0 Å². The van der Waals surface area contributed by atoms with E-state index in [-0.39, 0.29) is 11.5 Å². The van der Waals surface area contributed by atoms with Crippen molar-refractivity contribution in [2.45, 2.75) is 17.9 Å². The minimum atomic E-state index is -3.50. The van der Waals surface area contributed by atoms with Gasteiger partial charge >= 0.3 is 0 Å². The molecule has 0 aromatic heterocycles. The molecule has 0 atom stereocenters. The highest BCUT2D eigenvalue weighted by atomic mass is 32.2. The van der Waals surface area contributed by atoms with Gasteiger partial charge in [0.25, 0.3) is 0 Å².